The molecule has 1 fully saturated rings. The van der Waals surface area contributed by atoms with Crippen molar-refractivity contribution in [2.24, 2.45) is 5.92 Å². The van der Waals surface area contributed by atoms with Crippen LogP contribution < -0.4 is 10.7 Å². The molecule has 1 aliphatic heterocycles. The minimum Gasteiger partial charge on any atom is -0.455 e. The molecule has 8 nitrogen and oxygen atoms in total. The van der Waals surface area contributed by atoms with E-state index in [4.69, 9.17) is 27.9 Å². The summed E-state index contributed by atoms with van der Waals surface area (Å²) in [6, 6.07) is 11.8. The third-order valence-corrected chi connectivity index (χ3v) is 6.10. The number of carbonyl (C=O) groups is 4. The molecule has 0 aliphatic carbocycles. The molecule has 0 saturated carbocycles. The van der Waals surface area contributed by atoms with Gasteiger partial charge in [0.2, 0.25) is 5.91 Å². The smallest absolute Gasteiger partial charge is 0.311 e. The number of ether oxygens (including phenoxy) is 1. The summed E-state index contributed by atoms with van der Waals surface area (Å²) in [5.74, 6) is -3.01. The maximum Gasteiger partial charge on any atom is 0.311 e. The lowest BCUT2D eigenvalue weighted by Crippen LogP contribution is -2.43. The van der Waals surface area contributed by atoms with Gasteiger partial charge in [0, 0.05) is 12.0 Å². The summed E-state index contributed by atoms with van der Waals surface area (Å²) in [6.45, 7) is 5.60. The van der Waals surface area contributed by atoms with Crippen LogP contribution in [0.4, 0.5) is 5.69 Å². The summed E-state index contributed by atoms with van der Waals surface area (Å²) in [7, 11) is 0. The average Bonchev–Trinajstić information content (AvgIpc) is 3.15. The molecule has 0 unspecified atom stereocenters. The molecule has 0 spiro atoms. The molecule has 34 heavy (non-hydrogen) atoms. The van der Waals surface area contributed by atoms with Crippen LogP contribution in [-0.2, 0) is 24.5 Å². The summed E-state index contributed by atoms with van der Waals surface area (Å²) in [6.07, 6.45) is -0.135. The van der Waals surface area contributed by atoms with E-state index in [2.05, 4.69) is 31.5 Å². The third kappa shape index (κ3) is 6.27. The van der Waals surface area contributed by atoms with E-state index in [0.29, 0.717) is 5.56 Å². The monoisotopic (exact) mass is 505 g/mol. The van der Waals surface area contributed by atoms with Gasteiger partial charge in [-0.1, -0.05) is 62.2 Å². The van der Waals surface area contributed by atoms with E-state index in [1.165, 1.54) is 0 Å². The Kier molecular flexibility index (Phi) is 7.84. The van der Waals surface area contributed by atoms with Gasteiger partial charge in [-0.3, -0.25) is 29.6 Å². The number of rotatable bonds is 6. The second-order valence-electron chi connectivity index (χ2n) is 8.93. The lowest BCUT2D eigenvalue weighted by atomic mass is 9.87. The quantitative estimate of drug-likeness (QED) is 0.578. The van der Waals surface area contributed by atoms with Crippen LogP contribution in [0.15, 0.2) is 42.5 Å². The van der Waals surface area contributed by atoms with Crippen LogP contribution in [0.2, 0.25) is 10.0 Å². The second kappa shape index (κ2) is 10.4. The van der Waals surface area contributed by atoms with Gasteiger partial charge in [0.15, 0.2) is 6.61 Å². The Morgan fingerprint density at radius 1 is 1.09 bits per heavy atom. The summed E-state index contributed by atoms with van der Waals surface area (Å²) in [5, 5.41) is 4.04. The van der Waals surface area contributed by atoms with Gasteiger partial charge in [-0.05, 0) is 35.2 Å². The zero-order valence-electron chi connectivity index (χ0n) is 19.0. The zero-order chi connectivity index (χ0) is 25.0. The van der Waals surface area contributed by atoms with E-state index in [-0.39, 0.29) is 34.1 Å². The fourth-order valence-electron chi connectivity index (χ4n) is 3.32. The minimum atomic E-state index is -0.807. The van der Waals surface area contributed by atoms with E-state index in [0.717, 1.165) is 10.6 Å². The van der Waals surface area contributed by atoms with E-state index >= 15 is 0 Å². The Labute approximate surface area is 207 Å². The number of benzene rings is 2. The van der Waals surface area contributed by atoms with Gasteiger partial charge in [0.1, 0.15) is 0 Å². The van der Waals surface area contributed by atoms with Crippen molar-refractivity contribution in [1.29, 1.82) is 0 Å². The topological polar surface area (TPSA) is 105 Å². The van der Waals surface area contributed by atoms with E-state index < -0.39 is 36.2 Å². The normalized spacial score (nSPS) is 15.7. The van der Waals surface area contributed by atoms with Crippen LogP contribution >= 0.6 is 23.2 Å². The number of carbonyl (C=O) groups excluding carboxylic acids is 4. The van der Waals surface area contributed by atoms with Crippen molar-refractivity contribution < 1.29 is 23.9 Å². The van der Waals surface area contributed by atoms with Crippen molar-refractivity contribution in [1.82, 2.24) is 10.4 Å². The van der Waals surface area contributed by atoms with Crippen LogP contribution in [0.3, 0.4) is 0 Å². The molecule has 0 bridgehead atoms. The number of nitrogens with one attached hydrogen (secondary N) is 2. The maximum absolute atomic E-state index is 12.5. The number of esters is 1. The van der Waals surface area contributed by atoms with Crippen molar-refractivity contribution in [2.45, 2.75) is 32.6 Å². The summed E-state index contributed by atoms with van der Waals surface area (Å²) in [4.78, 5) is 49.3. The van der Waals surface area contributed by atoms with Crippen LogP contribution in [-0.4, -0.2) is 41.9 Å². The molecule has 1 aliphatic rings. The first-order valence-electron chi connectivity index (χ1n) is 10.6. The number of nitrogens with zero attached hydrogens (tertiary/aromatic N) is 1. The molecule has 1 heterocycles. The molecule has 2 aromatic rings. The van der Waals surface area contributed by atoms with E-state index in [9.17, 15) is 19.2 Å². The standard InChI is InChI=1S/C24H25Cl2N3O5/c1-24(2,3)16-9-7-14(8-10-16)22(32)28-29-12-15(11-20(29)31)23(33)34-13-19(30)27-18-6-4-5-17(25)21(18)26/h4-10,15H,11-13H2,1-3H3,(H,27,30)(H,28,32)/t15-/m0/s1. The second-order valence-corrected chi connectivity index (χ2v) is 9.72. The van der Waals surface area contributed by atoms with Gasteiger partial charge in [0.05, 0.1) is 28.2 Å². The van der Waals surface area contributed by atoms with E-state index in [1.54, 1.807) is 30.3 Å². The number of anilines is 1. The fraction of sp³-hybridized carbons (Fsp3) is 0.333. The lowest BCUT2D eigenvalue weighted by Gasteiger charge is -2.20. The van der Waals surface area contributed by atoms with Crippen molar-refractivity contribution in [3.8, 4) is 0 Å². The van der Waals surface area contributed by atoms with Crippen LogP contribution in [0, 0.1) is 5.92 Å². The van der Waals surface area contributed by atoms with Gasteiger partial charge >= 0.3 is 5.97 Å². The molecule has 2 aromatic carbocycles. The van der Waals surface area contributed by atoms with Crippen LogP contribution in [0.1, 0.15) is 43.1 Å². The first kappa shape index (κ1) is 25.5. The Balaban J connectivity index is 1.50. The van der Waals surface area contributed by atoms with Gasteiger partial charge in [-0.15, -0.1) is 0 Å². The Morgan fingerprint density at radius 2 is 1.76 bits per heavy atom. The maximum atomic E-state index is 12.5. The lowest BCUT2D eigenvalue weighted by molar-refractivity contribution is -0.151. The molecular weight excluding hydrogens is 481 g/mol. The van der Waals surface area contributed by atoms with Crippen molar-refractivity contribution in [3.63, 3.8) is 0 Å². The summed E-state index contributed by atoms with van der Waals surface area (Å²) >= 11 is 11.9. The number of amides is 3. The number of halogens is 2. The van der Waals surface area contributed by atoms with Crippen LogP contribution in [0.25, 0.3) is 0 Å². The molecule has 180 valence electrons. The highest BCUT2D eigenvalue weighted by atomic mass is 35.5. The van der Waals surface area contributed by atoms with Crippen molar-refractivity contribution in [3.05, 3.63) is 63.6 Å². The molecular formula is C24H25Cl2N3O5. The van der Waals surface area contributed by atoms with Crippen LogP contribution in [0.5, 0.6) is 0 Å². The van der Waals surface area contributed by atoms with Gasteiger partial charge in [-0.2, -0.15) is 0 Å². The number of hydrazine groups is 1. The molecule has 0 radical (unpaired) electrons. The predicted molar refractivity (Wildman–Crippen MR) is 128 cm³/mol. The number of hydrogen-bond donors (Lipinski definition) is 2. The average molecular weight is 506 g/mol. The van der Waals surface area contributed by atoms with E-state index in [1.807, 2.05) is 12.1 Å². The van der Waals surface area contributed by atoms with Gasteiger partial charge in [-0.25, -0.2) is 0 Å². The highest BCUT2D eigenvalue weighted by Gasteiger charge is 2.36. The predicted octanol–water partition coefficient (Wildman–Crippen LogP) is 3.97. The van der Waals surface area contributed by atoms with Crippen molar-refractivity contribution >= 4 is 52.6 Å². The zero-order valence-corrected chi connectivity index (χ0v) is 20.5. The van der Waals surface area contributed by atoms with Crippen molar-refractivity contribution in [2.75, 3.05) is 18.5 Å². The first-order chi connectivity index (χ1) is 16.0. The fourth-order valence-corrected chi connectivity index (χ4v) is 3.67. The Bertz CT molecular complexity index is 1110. The largest absolute Gasteiger partial charge is 0.455 e. The Hall–Kier alpha value is -3.10. The van der Waals surface area contributed by atoms with Gasteiger partial charge < -0.3 is 10.1 Å². The number of hydrogen-bond acceptors (Lipinski definition) is 5. The highest BCUT2D eigenvalue weighted by molar-refractivity contribution is 6.44. The molecule has 0 aromatic heterocycles. The highest BCUT2D eigenvalue weighted by Crippen LogP contribution is 2.29. The SMILES string of the molecule is CC(C)(C)c1ccc(C(=O)NN2C[C@@H](C(=O)OCC(=O)Nc3cccc(Cl)c3Cl)CC2=O)cc1. The summed E-state index contributed by atoms with van der Waals surface area (Å²) < 4.78 is 5.04. The molecule has 1 atom stereocenters. The molecule has 3 amide bonds. The molecule has 10 heteroatoms. The third-order valence-electron chi connectivity index (χ3n) is 5.28. The minimum absolute atomic E-state index is 0.0504. The Morgan fingerprint density at radius 3 is 2.41 bits per heavy atom. The summed E-state index contributed by atoms with van der Waals surface area (Å²) in [5.41, 5.74) is 4.23. The molecule has 1 saturated heterocycles. The van der Waals surface area contributed by atoms with Gasteiger partial charge in [0.25, 0.3) is 11.8 Å². The first-order valence-corrected chi connectivity index (χ1v) is 11.3. The molecule has 2 N–H and O–H groups in total. The molecule has 3 rings (SSSR count).